The lowest BCUT2D eigenvalue weighted by Gasteiger charge is -2.36. The van der Waals surface area contributed by atoms with E-state index in [1.807, 2.05) is 11.8 Å². The van der Waals surface area contributed by atoms with Crippen LogP contribution in [0.15, 0.2) is 0 Å². The van der Waals surface area contributed by atoms with Crippen LogP contribution in [0.2, 0.25) is 0 Å². The van der Waals surface area contributed by atoms with E-state index < -0.39 is 0 Å². The first kappa shape index (κ1) is 19.2. The molecule has 0 aromatic rings. The average molecular weight is 339 g/mol. The molecule has 0 aromatic heterocycles. The number of ether oxygens (including phenoxy) is 1. The van der Waals surface area contributed by atoms with Gasteiger partial charge < -0.3 is 19.4 Å². The molecule has 0 radical (unpaired) electrons. The predicted molar refractivity (Wildman–Crippen MR) is 93.7 cm³/mol. The Bertz CT molecular complexity index is 414. The topological polar surface area (TPSA) is 53.1 Å². The quantitative estimate of drug-likeness (QED) is 0.681. The van der Waals surface area contributed by atoms with Crippen LogP contribution in [0.25, 0.3) is 0 Å². The van der Waals surface area contributed by atoms with Crippen LogP contribution in [0, 0.1) is 5.92 Å². The van der Waals surface area contributed by atoms with Gasteiger partial charge in [-0.05, 0) is 59.8 Å². The fraction of sp³-hybridized carbons (Fsp3) is 0.889. The van der Waals surface area contributed by atoms with E-state index >= 15 is 0 Å². The monoisotopic (exact) mass is 339 g/mol. The van der Waals surface area contributed by atoms with Gasteiger partial charge in [-0.25, -0.2) is 0 Å². The van der Waals surface area contributed by atoms with Crippen molar-refractivity contribution in [3.63, 3.8) is 0 Å². The minimum atomic E-state index is -0.105. The summed E-state index contributed by atoms with van der Waals surface area (Å²) in [5, 5.41) is 0. The standard InChI is InChI=1S/C18H33N3O3/c1-4-24-18(23)15-5-13-21(14-6-15)17(22)9-12-20(3)16-7-10-19(2)11-8-16/h15-16H,4-14H2,1-3H3. The third-order valence-electron chi connectivity index (χ3n) is 5.46. The number of esters is 1. The average Bonchev–Trinajstić information content (AvgIpc) is 2.60. The molecule has 2 heterocycles. The minimum Gasteiger partial charge on any atom is -0.466 e. The molecule has 0 N–H and O–H groups in total. The summed E-state index contributed by atoms with van der Waals surface area (Å²) in [6.45, 7) is 6.73. The Labute approximate surface area is 146 Å². The Kier molecular flexibility index (Phi) is 7.49. The van der Waals surface area contributed by atoms with Crippen molar-refractivity contribution < 1.29 is 14.3 Å². The van der Waals surface area contributed by atoms with E-state index in [1.165, 1.54) is 12.8 Å². The molecular formula is C18H33N3O3. The van der Waals surface area contributed by atoms with Crippen molar-refractivity contribution in [2.24, 2.45) is 5.92 Å². The molecule has 0 atom stereocenters. The lowest BCUT2D eigenvalue weighted by Crippen LogP contribution is -2.44. The molecule has 24 heavy (non-hydrogen) atoms. The highest BCUT2D eigenvalue weighted by atomic mass is 16.5. The number of likely N-dealkylation sites (tertiary alicyclic amines) is 2. The third kappa shape index (κ3) is 5.45. The van der Waals surface area contributed by atoms with Crippen molar-refractivity contribution in [3.8, 4) is 0 Å². The fourth-order valence-electron chi connectivity index (χ4n) is 3.67. The Hall–Kier alpha value is -1.14. The molecule has 6 nitrogen and oxygen atoms in total. The highest BCUT2D eigenvalue weighted by molar-refractivity contribution is 5.77. The molecule has 0 saturated carbocycles. The van der Waals surface area contributed by atoms with Crippen LogP contribution in [-0.2, 0) is 14.3 Å². The van der Waals surface area contributed by atoms with Crippen molar-refractivity contribution in [2.75, 3.05) is 53.4 Å². The molecule has 2 saturated heterocycles. The van der Waals surface area contributed by atoms with E-state index in [0.717, 1.165) is 32.5 Å². The summed E-state index contributed by atoms with van der Waals surface area (Å²) in [5.41, 5.74) is 0. The first-order chi connectivity index (χ1) is 11.5. The molecule has 0 unspecified atom stereocenters. The predicted octanol–water partition coefficient (Wildman–Crippen LogP) is 1.20. The maximum Gasteiger partial charge on any atom is 0.309 e. The number of rotatable bonds is 6. The molecule has 1 amide bonds. The molecule has 0 spiro atoms. The highest BCUT2D eigenvalue weighted by Gasteiger charge is 2.28. The summed E-state index contributed by atoms with van der Waals surface area (Å²) in [5.74, 6) is 0.0830. The number of nitrogens with zero attached hydrogens (tertiary/aromatic N) is 3. The Morgan fingerprint density at radius 3 is 2.29 bits per heavy atom. The van der Waals surface area contributed by atoms with Gasteiger partial charge in [-0.2, -0.15) is 0 Å². The molecule has 0 aliphatic carbocycles. The Morgan fingerprint density at radius 2 is 1.71 bits per heavy atom. The van der Waals surface area contributed by atoms with Gasteiger partial charge >= 0.3 is 5.97 Å². The number of hydrogen-bond acceptors (Lipinski definition) is 5. The molecule has 138 valence electrons. The van der Waals surface area contributed by atoms with Crippen LogP contribution in [0.3, 0.4) is 0 Å². The van der Waals surface area contributed by atoms with E-state index in [0.29, 0.717) is 32.2 Å². The van der Waals surface area contributed by atoms with Crippen LogP contribution in [0.5, 0.6) is 0 Å². The largest absolute Gasteiger partial charge is 0.466 e. The smallest absolute Gasteiger partial charge is 0.309 e. The van der Waals surface area contributed by atoms with Gasteiger partial charge in [-0.15, -0.1) is 0 Å². The van der Waals surface area contributed by atoms with Crippen LogP contribution in [-0.4, -0.2) is 86.0 Å². The molecule has 0 aromatic carbocycles. The van der Waals surface area contributed by atoms with Crippen LogP contribution < -0.4 is 0 Å². The second-order valence-electron chi connectivity index (χ2n) is 7.17. The van der Waals surface area contributed by atoms with Gasteiger partial charge in [0.1, 0.15) is 0 Å². The van der Waals surface area contributed by atoms with Gasteiger partial charge in [0.05, 0.1) is 12.5 Å². The second-order valence-corrected chi connectivity index (χ2v) is 7.17. The van der Waals surface area contributed by atoms with E-state index in [9.17, 15) is 9.59 Å². The SMILES string of the molecule is CCOC(=O)C1CCN(C(=O)CCN(C)C2CCN(C)CC2)CC1. The first-order valence-electron chi connectivity index (χ1n) is 9.34. The summed E-state index contributed by atoms with van der Waals surface area (Å²) in [7, 11) is 4.30. The van der Waals surface area contributed by atoms with Gasteiger partial charge in [0.15, 0.2) is 0 Å². The molecule has 0 bridgehead atoms. The van der Waals surface area contributed by atoms with Gasteiger partial charge in [0.2, 0.25) is 5.91 Å². The van der Waals surface area contributed by atoms with Crippen LogP contribution in [0.4, 0.5) is 0 Å². The lowest BCUT2D eigenvalue weighted by molar-refractivity contribution is -0.151. The minimum absolute atomic E-state index is 0.0316. The zero-order valence-corrected chi connectivity index (χ0v) is 15.5. The number of hydrogen-bond donors (Lipinski definition) is 0. The second kappa shape index (κ2) is 9.37. The van der Waals surface area contributed by atoms with Crippen molar-refractivity contribution >= 4 is 11.9 Å². The normalized spacial score (nSPS) is 21.2. The van der Waals surface area contributed by atoms with E-state index in [4.69, 9.17) is 4.74 Å². The van der Waals surface area contributed by atoms with E-state index in [-0.39, 0.29) is 17.8 Å². The summed E-state index contributed by atoms with van der Waals surface area (Å²) < 4.78 is 5.08. The summed E-state index contributed by atoms with van der Waals surface area (Å²) in [6, 6.07) is 0.601. The molecule has 2 rings (SSSR count). The highest BCUT2D eigenvalue weighted by Crippen LogP contribution is 2.20. The summed E-state index contributed by atoms with van der Waals surface area (Å²) in [6.07, 6.45) is 4.41. The Morgan fingerprint density at radius 1 is 1.08 bits per heavy atom. The maximum atomic E-state index is 12.4. The third-order valence-corrected chi connectivity index (χ3v) is 5.46. The van der Waals surface area contributed by atoms with Crippen molar-refractivity contribution in [2.45, 2.75) is 45.1 Å². The van der Waals surface area contributed by atoms with Gasteiger partial charge in [0.25, 0.3) is 0 Å². The van der Waals surface area contributed by atoms with E-state index in [2.05, 4.69) is 23.9 Å². The molecule has 2 fully saturated rings. The first-order valence-corrected chi connectivity index (χ1v) is 9.34. The lowest BCUT2D eigenvalue weighted by atomic mass is 9.97. The van der Waals surface area contributed by atoms with Crippen LogP contribution in [0.1, 0.15) is 39.0 Å². The number of amides is 1. The fourth-order valence-corrected chi connectivity index (χ4v) is 3.67. The van der Waals surface area contributed by atoms with Crippen molar-refractivity contribution in [3.05, 3.63) is 0 Å². The number of carbonyl (C=O) groups excluding carboxylic acids is 2. The zero-order valence-electron chi connectivity index (χ0n) is 15.5. The zero-order chi connectivity index (χ0) is 17.5. The summed E-state index contributed by atoms with van der Waals surface area (Å²) >= 11 is 0. The molecule has 2 aliphatic rings. The summed E-state index contributed by atoms with van der Waals surface area (Å²) in [4.78, 5) is 30.8. The van der Waals surface area contributed by atoms with Gasteiger partial charge in [0, 0.05) is 32.1 Å². The number of piperidine rings is 2. The number of carbonyl (C=O) groups is 2. The Balaban J connectivity index is 1.67. The molecule has 6 heteroatoms. The van der Waals surface area contributed by atoms with Crippen molar-refractivity contribution in [1.29, 1.82) is 0 Å². The van der Waals surface area contributed by atoms with E-state index in [1.54, 1.807) is 0 Å². The molecule has 2 aliphatic heterocycles. The van der Waals surface area contributed by atoms with Gasteiger partial charge in [-0.3, -0.25) is 9.59 Å². The van der Waals surface area contributed by atoms with Gasteiger partial charge in [-0.1, -0.05) is 0 Å². The van der Waals surface area contributed by atoms with Crippen LogP contribution >= 0.6 is 0 Å². The molecular weight excluding hydrogens is 306 g/mol. The van der Waals surface area contributed by atoms with Crippen molar-refractivity contribution in [1.82, 2.24) is 14.7 Å². The maximum absolute atomic E-state index is 12.4.